The highest BCUT2D eigenvalue weighted by Gasteiger charge is 2.21. The third kappa shape index (κ3) is 2.25. The Morgan fingerprint density at radius 3 is 2.22 bits per heavy atom. The molecule has 1 unspecified atom stereocenters. The van der Waals surface area contributed by atoms with Crippen LogP contribution >= 0.6 is 0 Å². The second kappa shape index (κ2) is 5.01. The fourth-order valence-corrected chi connectivity index (χ4v) is 2.08. The minimum absolute atomic E-state index is 0.139. The molecule has 18 heavy (non-hydrogen) atoms. The maximum absolute atomic E-state index is 7.45. The molecule has 0 radical (unpaired) electrons. The average Bonchev–Trinajstić information content (AvgIpc) is 2.59. The molecular formula is C17H17N. The summed E-state index contributed by atoms with van der Waals surface area (Å²) in [6.45, 7) is 5.97. The second-order valence-electron chi connectivity index (χ2n) is 4.57. The van der Waals surface area contributed by atoms with Gasteiger partial charge in [0.15, 0.2) is 0 Å². The lowest BCUT2D eigenvalue weighted by Crippen LogP contribution is -2.14. The fourth-order valence-electron chi connectivity index (χ4n) is 2.08. The van der Waals surface area contributed by atoms with Crippen LogP contribution in [0.1, 0.15) is 12.5 Å². The Hall–Kier alpha value is -2.15. The van der Waals surface area contributed by atoms with Crippen molar-refractivity contribution in [3.8, 4) is 0 Å². The SMILES string of the molecule is C=CC1=C(C=N)C=CC(C)(c2ccccc2)C=C1. The largest absolute Gasteiger partial charge is 0.308 e. The Morgan fingerprint density at radius 2 is 1.67 bits per heavy atom. The molecule has 0 aromatic heterocycles. The first-order chi connectivity index (χ1) is 8.69. The molecule has 1 heteroatoms. The van der Waals surface area contributed by atoms with Crippen molar-refractivity contribution in [1.29, 1.82) is 5.41 Å². The molecule has 0 spiro atoms. The summed E-state index contributed by atoms with van der Waals surface area (Å²) in [5, 5.41) is 7.45. The third-order valence-electron chi connectivity index (χ3n) is 3.32. The Balaban J connectivity index is 2.47. The molecule has 1 aromatic rings. The van der Waals surface area contributed by atoms with Crippen molar-refractivity contribution in [3.63, 3.8) is 0 Å². The lowest BCUT2D eigenvalue weighted by Gasteiger charge is -2.22. The Bertz CT molecular complexity index is 516. The predicted molar refractivity (Wildman–Crippen MR) is 78.1 cm³/mol. The number of nitrogens with one attached hydrogen (secondary N) is 1. The van der Waals surface area contributed by atoms with Gasteiger partial charge in [0.1, 0.15) is 0 Å². The molecular weight excluding hydrogens is 218 g/mol. The Labute approximate surface area is 108 Å². The molecule has 0 saturated carbocycles. The molecule has 1 aliphatic carbocycles. The highest BCUT2D eigenvalue weighted by Crippen LogP contribution is 2.30. The molecule has 1 N–H and O–H groups in total. The zero-order valence-corrected chi connectivity index (χ0v) is 10.6. The van der Waals surface area contributed by atoms with Gasteiger partial charge in [0.2, 0.25) is 0 Å². The lowest BCUT2D eigenvalue weighted by atomic mass is 9.82. The first-order valence-corrected chi connectivity index (χ1v) is 6.01. The first kappa shape index (κ1) is 12.3. The zero-order chi connectivity index (χ0) is 13.0. The quantitative estimate of drug-likeness (QED) is 0.759. The molecule has 0 saturated heterocycles. The van der Waals surface area contributed by atoms with E-state index in [1.165, 1.54) is 11.8 Å². The summed E-state index contributed by atoms with van der Waals surface area (Å²) in [6, 6.07) is 10.4. The van der Waals surface area contributed by atoms with Gasteiger partial charge >= 0.3 is 0 Å². The molecule has 90 valence electrons. The average molecular weight is 235 g/mol. The molecule has 1 aliphatic rings. The van der Waals surface area contributed by atoms with E-state index in [0.717, 1.165) is 11.1 Å². The number of hydrogen-bond donors (Lipinski definition) is 1. The van der Waals surface area contributed by atoms with Crippen molar-refractivity contribution >= 4 is 6.21 Å². The smallest absolute Gasteiger partial charge is 0.0290 e. The lowest BCUT2D eigenvalue weighted by molar-refractivity contribution is 0.758. The van der Waals surface area contributed by atoms with Crippen LogP contribution in [0.3, 0.4) is 0 Å². The summed E-state index contributed by atoms with van der Waals surface area (Å²) in [7, 11) is 0. The van der Waals surface area contributed by atoms with Crippen LogP contribution in [0, 0.1) is 5.41 Å². The molecule has 0 amide bonds. The summed E-state index contributed by atoms with van der Waals surface area (Å²) < 4.78 is 0. The van der Waals surface area contributed by atoms with Crippen LogP contribution < -0.4 is 0 Å². The van der Waals surface area contributed by atoms with Gasteiger partial charge in [-0.25, -0.2) is 0 Å². The Kier molecular flexibility index (Phi) is 3.42. The van der Waals surface area contributed by atoms with Gasteiger partial charge in [-0.3, -0.25) is 0 Å². The van der Waals surface area contributed by atoms with Crippen LogP contribution in [0.15, 0.2) is 78.4 Å². The predicted octanol–water partition coefficient (Wildman–Crippen LogP) is 4.20. The molecule has 0 fully saturated rings. The fraction of sp³-hybridized carbons (Fsp3) is 0.118. The van der Waals surface area contributed by atoms with Gasteiger partial charge in [0.25, 0.3) is 0 Å². The van der Waals surface area contributed by atoms with Crippen molar-refractivity contribution in [2.75, 3.05) is 0 Å². The van der Waals surface area contributed by atoms with Crippen LogP contribution in [0.4, 0.5) is 0 Å². The van der Waals surface area contributed by atoms with E-state index >= 15 is 0 Å². The molecule has 0 bridgehead atoms. The zero-order valence-electron chi connectivity index (χ0n) is 10.6. The van der Waals surface area contributed by atoms with E-state index in [1.807, 2.05) is 30.4 Å². The summed E-state index contributed by atoms with van der Waals surface area (Å²) >= 11 is 0. The molecule has 1 atom stereocenters. The normalized spacial score (nSPS) is 22.7. The maximum Gasteiger partial charge on any atom is 0.0290 e. The Morgan fingerprint density at radius 1 is 1.06 bits per heavy atom. The van der Waals surface area contributed by atoms with Crippen LogP contribution in [-0.4, -0.2) is 6.21 Å². The van der Waals surface area contributed by atoms with E-state index in [9.17, 15) is 0 Å². The summed E-state index contributed by atoms with van der Waals surface area (Å²) in [6.07, 6.45) is 11.5. The molecule has 2 rings (SSSR count). The number of benzene rings is 1. The topological polar surface area (TPSA) is 23.9 Å². The van der Waals surface area contributed by atoms with Crippen molar-refractivity contribution in [2.45, 2.75) is 12.3 Å². The van der Waals surface area contributed by atoms with Gasteiger partial charge in [0, 0.05) is 11.6 Å². The van der Waals surface area contributed by atoms with Gasteiger partial charge in [-0.1, -0.05) is 67.3 Å². The van der Waals surface area contributed by atoms with Gasteiger partial charge in [0.05, 0.1) is 0 Å². The van der Waals surface area contributed by atoms with Crippen LogP contribution in [0.2, 0.25) is 0 Å². The summed E-state index contributed by atoms with van der Waals surface area (Å²) in [5.41, 5.74) is 2.98. The second-order valence-corrected chi connectivity index (χ2v) is 4.57. The van der Waals surface area contributed by atoms with E-state index in [1.54, 1.807) is 6.08 Å². The van der Waals surface area contributed by atoms with E-state index in [4.69, 9.17) is 5.41 Å². The van der Waals surface area contributed by atoms with Gasteiger partial charge < -0.3 is 5.41 Å². The maximum atomic E-state index is 7.45. The molecule has 0 heterocycles. The summed E-state index contributed by atoms with van der Waals surface area (Å²) in [5.74, 6) is 0. The van der Waals surface area contributed by atoms with E-state index in [0.29, 0.717) is 0 Å². The van der Waals surface area contributed by atoms with E-state index in [2.05, 4.69) is 37.8 Å². The molecule has 0 aliphatic heterocycles. The van der Waals surface area contributed by atoms with Crippen molar-refractivity contribution in [2.24, 2.45) is 0 Å². The minimum atomic E-state index is -0.139. The highest BCUT2D eigenvalue weighted by molar-refractivity contribution is 5.83. The highest BCUT2D eigenvalue weighted by atomic mass is 14.3. The van der Waals surface area contributed by atoms with E-state index in [-0.39, 0.29) is 5.41 Å². The van der Waals surface area contributed by atoms with Crippen molar-refractivity contribution < 1.29 is 0 Å². The number of hydrogen-bond acceptors (Lipinski definition) is 1. The molecule has 1 nitrogen and oxygen atoms in total. The van der Waals surface area contributed by atoms with E-state index < -0.39 is 0 Å². The monoisotopic (exact) mass is 235 g/mol. The van der Waals surface area contributed by atoms with Crippen molar-refractivity contribution in [1.82, 2.24) is 0 Å². The minimum Gasteiger partial charge on any atom is -0.308 e. The van der Waals surface area contributed by atoms with Crippen LogP contribution in [0.25, 0.3) is 0 Å². The van der Waals surface area contributed by atoms with Gasteiger partial charge in [-0.05, 0) is 23.6 Å². The van der Waals surface area contributed by atoms with Crippen molar-refractivity contribution in [3.05, 3.63) is 84.0 Å². The van der Waals surface area contributed by atoms with Gasteiger partial charge in [-0.2, -0.15) is 0 Å². The molecule has 1 aromatic carbocycles. The number of rotatable bonds is 3. The summed E-state index contributed by atoms with van der Waals surface area (Å²) in [4.78, 5) is 0. The number of allylic oxidation sites excluding steroid dienone is 7. The standard InChI is InChI=1S/C17H17N/c1-3-14-9-11-17(2,12-10-15(14)13-18)16-7-5-4-6-8-16/h3-13,18H,1H2,2H3. The van der Waals surface area contributed by atoms with Crippen LogP contribution in [0.5, 0.6) is 0 Å². The third-order valence-corrected chi connectivity index (χ3v) is 3.32. The van der Waals surface area contributed by atoms with Crippen LogP contribution in [-0.2, 0) is 5.41 Å². The van der Waals surface area contributed by atoms with Gasteiger partial charge in [-0.15, -0.1) is 0 Å². The first-order valence-electron chi connectivity index (χ1n) is 6.01.